The Morgan fingerprint density at radius 2 is 2.14 bits per heavy atom. The van der Waals surface area contributed by atoms with Crippen molar-refractivity contribution in [3.63, 3.8) is 0 Å². The van der Waals surface area contributed by atoms with Crippen LogP contribution >= 0.6 is 12.6 Å². The molecule has 3 nitrogen and oxygen atoms in total. The van der Waals surface area contributed by atoms with Gasteiger partial charge in [-0.05, 0) is 12.8 Å². The average Bonchev–Trinajstić information content (AvgIpc) is 2.19. The molecule has 0 aliphatic rings. The minimum Gasteiger partial charge on any atom is -0.463 e. The fourth-order valence-electron chi connectivity index (χ4n) is 0.918. The lowest BCUT2D eigenvalue weighted by molar-refractivity contribution is -0.147. The minimum atomic E-state index is -0.196. The van der Waals surface area contributed by atoms with E-state index in [4.69, 9.17) is 9.47 Å². The molecule has 0 N–H and O–H groups in total. The summed E-state index contributed by atoms with van der Waals surface area (Å²) in [6.45, 7) is 5.16. The Labute approximate surface area is 91.6 Å². The topological polar surface area (TPSA) is 35.5 Å². The van der Waals surface area contributed by atoms with Gasteiger partial charge in [0.1, 0.15) is 6.61 Å². The molecule has 0 saturated heterocycles. The van der Waals surface area contributed by atoms with E-state index < -0.39 is 0 Å². The molecule has 14 heavy (non-hydrogen) atoms. The second-order valence-corrected chi connectivity index (χ2v) is 3.50. The molecule has 0 aromatic carbocycles. The number of hydrogen-bond acceptors (Lipinski definition) is 4. The Kier molecular flexibility index (Phi) is 9.19. The summed E-state index contributed by atoms with van der Waals surface area (Å²) in [6.07, 6.45) is 2.27. The zero-order chi connectivity index (χ0) is 10.8. The summed E-state index contributed by atoms with van der Waals surface area (Å²) in [5.74, 6) is 0.337. The van der Waals surface area contributed by atoms with E-state index in [-0.39, 0.29) is 12.1 Å². The molecule has 4 heteroatoms. The summed E-state index contributed by atoms with van der Waals surface area (Å²) >= 11 is 3.95. The summed E-state index contributed by atoms with van der Waals surface area (Å²) in [7, 11) is 0. The van der Waals surface area contributed by atoms with E-state index >= 15 is 0 Å². The van der Waals surface area contributed by atoms with Gasteiger partial charge in [-0.2, -0.15) is 12.6 Å². The molecule has 0 bridgehead atoms. The van der Waals surface area contributed by atoms with Crippen LogP contribution in [0.5, 0.6) is 0 Å². The van der Waals surface area contributed by atoms with E-state index in [0.29, 0.717) is 18.8 Å². The van der Waals surface area contributed by atoms with Crippen molar-refractivity contribution in [3.05, 3.63) is 0 Å². The van der Waals surface area contributed by atoms with Crippen molar-refractivity contribution in [2.24, 2.45) is 0 Å². The molecular weight excluding hydrogens is 200 g/mol. The van der Waals surface area contributed by atoms with Gasteiger partial charge in [0.15, 0.2) is 0 Å². The first-order valence-electron chi connectivity index (χ1n) is 5.12. The quantitative estimate of drug-likeness (QED) is 0.502. The highest BCUT2D eigenvalue weighted by Crippen LogP contribution is 2.01. The van der Waals surface area contributed by atoms with E-state index in [1.807, 2.05) is 6.92 Å². The van der Waals surface area contributed by atoms with Gasteiger partial charge >= 0.3 is 5.97 Å². The molecule has 0 radical (unpaired) electrons. The molecule has 0 saturated carbocycles. The molecule has 1 atom stereocenters. The molecule has 0 aromatic rings. The summed E-state index contributed by atoms with van der Waals surface area (Å²) in [6, 6.07) is 0. The number of hydrogen-bond donors (Lipinski definition) is 1. The first kappa shape index (κ1) is 13.8. The fourth-order valence-corrected chi connectivity index (χ4v) is 1.10. The van der Waals surface area contributed by atoms with Crippen LogP contribution in [0.15, 0.2) is 0 Å². The lowest BCUT2D eigenvalue weighted by Crippen LogP contribution is -2.22. The number of carbonyl (C=O) groups excluding carboxylic acids is 1. The van der Waals surface area contributed by atoms with Crippen LogP contribution in [0.1, 0.15) is 33.1 Å². The van der Waals surface area contributed by atoms with Gasteiger partial charge in [-0.25, -0.2) is 0 Å². The van der Waals surface area contributed by atoms with E-state index in [1.54, 1.807) is 0 Å². The average molecular weight is 220 g/mol. The number of thiol groups is 1. The van der Waals surface area contributed by atoms with Gasteiger partial charge in [0, 0.05) is 12.4 Å². The Morgan fingerprint density at radius 1 is 1.43 bits per heavy atom. The Bertz CT molecular complexity index is 150. The largest absolute Gasteiger partial charge is 0.463 e. The predicted molar refractivity (Wildman–Crippen MR) is 59.8 cm³/mol. The van der Waals surface area contributed by atoms with Gasteiger partial charge in [-0.3, -0.25) is 4.79 Å². The fraction of sp³-hybridized carbons (Fsp3) is 0.900. The van der Waals surface area contributed by atoms with Crippen LogP contribution < -0.4 is 0 Å². The van der Waals surface area contributed by atoms with Crippen molar-refractivity contribution in [2.75, 3.05) is 19.0 Å². The molecule has 0 aromatic heterocycles. The van der Waals surface area contributed by atoms with Crippen molar-refractivity contribution in [2.45, 2.75) is 39.2 Å². The zero-order valence-corrected chi connectivity index (χ0v) is 9.89. The maximum atomic E-state index is 11.0. The lowest BCUT2D eigenvalue weighted by Gasteiger charge is -2.15. The Hall–Kier alpha value is -0.220. The van der Waals surface area contributed by atoms with Crippen LogP contribution in [0.25, 0.3) is 0 Å². The third-order valence-electron chi connectivity index (χ3n) is 1.76. The predicted octanol–water partition coefficient (Wildman–Crippen LogP) is 2.05. The van der Waals surface area contributed by atoms with Gasteiger partial charge in [0.2, 0.25) is 0 Å². The van der Waals surface area contributed by atoms with E-state index in [9.17, 15) is 4.79 Å². The van der Waals surface area contributed by atoms with Crippen LogP contribution in [0.3, 0.4) is 0 Å². The molecule has 0 fully saturated rings. The van der Waals surface area contributed by atoms with Crippen LogP contribution in [-0.4, -0.2) is 31.0 Å². The summed E-state index contributed by atoms with van der Waals surface area (Å²) in [4.78, 5) is 11.0. The van der Waals surface area contributed by atoms with Crippen LogP contribution in [0.2, 0.25) is 0 Å². The Balaban J connectivity index is 3.55. The van der Waals surface area contributed by atoms with Gasteiger partial charge < -0.3 is 9.47 Å². The SMILES string of the molecule is CCCOC(CC)COC(=O)CCS. The van der Waals surface area contributed by atoms with Crippen molar-refractivity contribution in [1.82, 2.24) is 0 Å². The molecule has 0 amide bonds. The van der Waals surface area contributed by atoms with Crippen LogP contribution in [-0.2, 0) is 14.3 Å². The highest BCUT2D eigenvalue weighted by atomic mass is 32.1. The molecule has 1 unspecified atom stereocenters. The second-order valence-electron chi connectivity index (χ2n) is 3.06. The third-order valence-corrected chi connectivity index (χ3v) is 1.98. The highest BCUT2D eigenvalue weighted by Gasteiger charge is 2.09. The van der Waals surface area contributed by atoms with Crippen LogP contribution in [0, 0.1) is 0 Å². The first-order valence-corrected chi connectivity index (χ1v) is 5.75. The van der Waals surface area contributed by atoms with Gasteiger partial charge in [0.25, 0.3) is 0 Å². The maximum absolute atomic E-state index is 11.0. The van der Waals surface area contributed by atoms with Gasteiger partial charge in [0.05, 0.1) is 12.5 Å². The molecule has 0 rings (SSSR count). The minimum absolute atomic E-state index is 0.0406. The number of ether oxygens (including phenoxy) is 2. The first-order chi connectivity index (χ1) is 6.74. The summed E-state index contributed by atoms with van der Waals surface area (Å²) in [5.41, 5.74) is 0. The third kappa shape index (κ3) is 7.21. The van der Waals surface area contributed by atoms with Crippen LogP contribution in [0.4, 0.5) is 0 Å². The Morgan fingerprint density at radius 3 is 2.64 bits per heavy atom. The number of rotatable bonds is 8. The van der Waals surface area contributed by atoms with E-state index in [2.05, 4.69) is 19.6 Å². The number of esters is 1. The monoisotopic (exact) mass is 220 g/mol. The summed E-state index contributed by atoms with van der Waals surface area (Å²) < 4.78 is 10.5. The van der Waals surface area contributed by atoms with Crippen molar-refractivity contribution in [3.8, 4) is 0 Å². The maximum Gasteiger partial charge on any atom is 0.306 e. The molecule has 0 heterocycles. The summed E-state index contributed by atoms with van der Waals surface area (Å²) in [5, 5.41) is 0. The van der Waals surface area contributed by atoms with Gasteiger partial charge in [-0.1, -0.05) is 13.8 Å². The van der Waals surface area contributed by atoms with Crippen molar-refractivity contribution >= 4 is 18.6 Å². The molecule has 84 valence electrons. The standard InChI is InChI=1S/C10H20O3S/c1-3-6-12-9(4-2)8-13-10(11)5-7-14/h9,14H,3-8H2,1-2H3. The lowest BCUT2D eigenvalue weighted by atomic mass is 10.3. The molecule has 0 aliphatic heterocycles. The van der Waals surface area contributed by atoms with Crippen molar-refractivity contribution in [1.29, 1.82) is 0 Å². The molecule has 0 spiro atoms. The normalized spacial score (nSPS) is 12.5. The molecular formula is C10H20O3S. The zero-order valence-electron chi connectivity index (χ0n) is 8.99. The smallest absolute Gasteiger partial charge is 0.306 e. The second kappa shape index (κ2) is 9.34. The highest BCUT2D eigenvalue weighted by molar-refractivity contribution is 7.80. The van der Waals surface area contributed by atoms with Gasteiger partial charge in [-0.15, -0.1) is 0 Å². The molecule has 0 aliphatic carbocycles. The van der Waals surface area contributed by atoms with Crippen molar-refractivity contribution < 1.29 is 14.3 Å². The van der Waals surface area contributed by atoms with E-state index in [1.165, 1.54) is 0 Å². The van der Waals surface area contributed by atoms with E-state index in [0.717, 1.165) is 19.4 Å². The number of carbonyl (C=O) groups is 1.